The lowest BCUT2D eigenvalue weighted by Gasteiger charge is -2.13. The maximum absolute atomic E-state index is 12.7. The van der Waals surface area contributed by atoms with E-state index in [-0.39, 0.29) is 10.5 Å². The van der Waals surface area contributed by atoms with E-state index in [1.54, 1.807) is 31.2 Å². The summed E-state index contributed by atoms with van der Waals surface area (Å²) in [5.41, 5.74) is 2.10. The zero-order valence-electron chi connectivity index (χ0n) is 14.3. The number of halogens is 1. The van der Waals surface area contributed by atoms with Crippen LogP contribution in [0.15, 0.2) is 45.7 Å². The molecule has 0 atom stereocenters. The second-order valence-electron chi connectivity index (χ2n) is 5.80. The third kappa shape index (κ3) is 3.60. The van der Waals surface area contributed by atoms with Gasteiger partial charge in [-0.05, 0) is 59.0 Å². The van der Waals surface area contributed by atoms with Crippen LogP contribution in [-0.2, 0) is 10.0 Å². The summed E-state index contributed by atoms with van der Waals surface area (Å²) in [7, 11) is -0.728. The first-order valence-corrected chi connectivity index (χ1v) is 10.1. The number of carbonyl (C=O) groups excluding carboxylic acids is 1. The molecule has 0 radical (unpaired) electrons. The van der Waals surface area contributed by atoms with Crippen molar-refractivity contribution in [3.05, 3.63) is 51.4 Å². The van der Waals surface area contributed by atoms with Crippen molar-refractivity contribution in [1.82, 2.24) is 9.29 Å². The Kier molecular flexibility index (Phi) is 5.04. The second kappa shape index (κ2) is 6.97. The highest BCUT2D eigenvalue weighted by atomic mass is 127. The molecule has 7 nitrogen and oxygen atoms in total. The summed E-state index contributed by atoms with van der Waals surface area (Å²) >= 11 is 2.00. The van der Waals surface area contributed by atoms with Crippen molar-refractivity contribution in [2.24, 2.45) is 0 Å². The van der Waals surface area contributed by atoms with Gasteiger partial charge in [0, 0.05) is 30.3 Å². The molecule has 1 heterocycles. The Morgan fingerprint density at radius 1 is 1.19 bits per heavy atom. The fraction of sp³-hybridized carbons (Fsp3) is 0.176. The molecule has 136 valence electrons. The summed E-state index contributed by atoms with van der Waals surface area (Å²) in [6.07, 6.45) is 0. The first-order chi connectivity index (χ1) is 12.2. The maximum atomic E-state index is 12.7. The average Bonchev–Trinajstić information content (AvgIpc) is 2.94. The van der Waals surface area contributed by atoms with Gasteiger partial charge in [0.05, 0.1) is 10.5 Å². The minimum atomic E-state index is -3.62. The van der Waals surface area contributed by atoms with E-state index in [1.165, 1.54) is 26.2 Å². The summed E-state index contributed by atoms with van der Waals surface area (Å²) < 4.78 is 31.8. The second-order valence-corrected chi connectivity index (χ2v) is 9.11. The quantitative estimate of drug-likeness (QED) is 0.573. The molecule has 1 amide bonds. The Morgan fingerprint density at radius 3 is 2.62 bits per heavy atom. The molecule has 0 aliphatic heterocycles. The largest absolute Gasteiger partial charge is 0.441 e. The molecular formula is C17H16IN3O4S. The number of amides is 1. The number of hydrogen-bond donors (Lipinski definition) is 1. The molecule has 0 saturated carbocycles. The third-order valence-corrected chi connectivity index (χ3v) is 6.47. The van der Waals surface area contributed by atoms with Crippen LogP contribution >= 0.6 is 22.6 Å². The molecular weight excluding hydrogens is 469 g/mol. The van der Waals surface area contributed by atoms with E-state index in [0.29, 0.717) is 26.2 Å². The topological polar surface area (TPSA) is 92.5 Å². The van der Waals surface area contributed by atoms with E-state index >= 15 is 0 Å². The Labute approximate surface area is 164 Å². The number of hydrogen-bond acceptors (Lipinski definition) is 5. The zero-order chi connectivity index (χ0) is 19.1. The van der Waals surface area contributed by atoms with Crippen molar-refractivity contribution < 1.29 is 17.6 Å². The van der Waals surface area contributed by atoms with Crippen molar-refractivity contribution in [2.75, 3.05) is 19.4 Å². The number of nitrogens with one attached hydrogen (secondary N) is 1. The molecule has 0 bridgehead atoms. The van der Waals surface area contributed by atoms with Crippen molar-refractivity contribution in [1.29, 1.82) is 0 Å². The van der Waals surface area contributed by atoms with Gasteiger partial charge in [-0.1, -0.05) is 0 Å². The minimum absolute atomic E-state index is 0.0654. The van der Waals surface area contributed by atoms with Gasteiger partial charge >= 0.3 is 0 Å². The van der Waals surface area contributed by atoms with Crippen molar-refractivity contribution >= 4 is 55.3 Å². The minimum Gasteiger partial charge on any atom is -0.441 e. The third-order valence-electron chi connectivity index (χ3n) is 3.71. The molecule has 1 N–H and O–H groups in total. The van der Waals surface area contributed by atoms with Crippen molar-refractivity contribution in [3.8, 4) is 0 Å². The fourth-order valence-electron chi connectivity index (χ4n) is 2.37. The Morgan fingerprint density at radius 2 is 1.92 bits per heavy atom. The highest BCUT2D eigenvalue weighted by molar-refractivity contribution is 14.1. The predicted molar refractivity (Wildman–Crippen MR) is 107 cm³/mol. The lowest BCUT2D eigenvalue weighted by Crippen LogP contribution is -2.23. The molecule has 3 aromatic rings. The lowest BCUT2D eigenvalue weighted by atomic mass is 10.2. The molecule has 3 rings (SSSR count). The molecule has 0 aliphatic carbocycles. The monoisotopic (exact) mass is 485 g/mol. The standard InChI is InChI=1S/C17H16IN3O4S/c1-10-19-15-8-11(4-7-16(15)25-10)20-17(22)13-9-12(5-6-14(13)18)26(23,24)21(2)3/h4-9H,1-3H3,(H,20,22). The van der Waals surface area contributed by atoms with Crippen LogP contribution in [0.25, 0.3) is 11.1 Å². The number of oxazole rings is 1. The number of sulfonamides is 1. The van der Waals surface area contributed by atoms with E-state index < -0.39 is 15.9 Å². The van der Waals surface area contributed by atoms with E-state index in [4.69, 9.17) is 4.42 Å². The summed E-state index contributed by atoms with van der Waals surface area (Å²) in [6.45, 7) is 1.75. The Balaban J connectivity index is 1.93. The summed E-state index contributed by atoms with van der Waals surface area (Å²) in [5.74, 6) is 0.143. The van der Waals surface area contributed by atoms with Gasteiger partial charge in [0.15, 0.2) is 11.5 Å². The molecule has 2 aromatic carbocycles. The molecule has 0 spiro atoms. The zero-order valence-corrected chi connectivity index (χ0v) is 17.3. The molecule has 9 heteroatoms. The summed E-state index contributed by atoms with van der Waals surface area (Å²) in [6, 6.07) is 9.61. The lowest BCUT2D eigenvalue weighted by molar-refractivity contribution is 0.102. The number of aromatic nitrogens is 1. The highest BCUT2D eigenvalue weighted by Crippen LogP contribution is 2.23. The predicted octanol–water partition coefficient (Wildman–Crippen LogP) is 3.24. The normalized spacial score (nSPS) is 11.9. The van der Waals surface area contributed by atoms with Gasteiger partial charge in [0.25, 0.3) is 5.91 Å². The van der Waals surface area contributed by atoms with Gasteiger partial charge in [-0.15, -0.1) is 0 Å². The number of aryl methyl sites for hydroxylation is 1. The van der Waals surface area contributed by atoms with Gasteiger partial charge in [-0.25, -0.2) is 17.7 Å². The Bertz CT molecular complexity index is 1110. The van der Waals surface area contributed by atoms with Gasteiger partial charge in [0.2, 0.25) is 10.0 Å². The maximum Gasteiger partial charge on any atom is 0.256 e. The number of fused-ring (bicyclic) bond motifs is 1. The fourth-order valence-corrected chi connectivity index (χ4v) is 3.88. The van der Waals surface area contributed by atoms with Crippen LogP contribution in [0.4, 0.5) is 5.69 Å². The molecule has 0 unspecified atom stereocenters. The molecule has 26 heavy (non-hydrogen) atoms. The number of carbonyl (C=O) groups is 1. The number of anilines is 1. The number of rotatable bonds is 4. The van der Waals surface area contributed by atoms with Crippen LogP contribution in [0.2, 0.25) is 0 Å². The van der Waals surface area contributed by atoms with Gasteiger partial charge in [-0.2, -0.15) is 0 Å². The van der Waals surface area contributed by atoms with Crippen molar-refractivity contribution in [3.63, 3.8) is 0 Å². The molecule has 1 aromatic heterocycles. The van der Waals surface area contributed by atoms with E-state index in [9.17, 15) is 13.2 Å². The summed E-state index contributed by atoms with van der Waals surface area (Å²) in [5, 5.41) is 2.77. The first-order valence-electron chi connectivity index (χ1n) is 7.59. The van der Waals surface area contributed by atoms with Crippen LogP contribution in [0, 0.1) is 10.5 Å². The molecule has 0 saturated heterocycles. The van der Waals surface area contributed by atoms with Crippen LogP contribution < -0.4 is 5.32 Å². The molecule has 0 fully saturated rings. The van der Waals surface area contributed by atoms with Gasteiger partial charge in [0.1, 0.15) is 5.52 Å². The SMILES string of the molecule is Cc1nc2cc(NC(=O)c3cc(S(=O)(=O)N(C)C)ccc3I)ccc2o1. The smallest absolute Gasteiger partial charge is 0.256 e. The van der Waals surface area contributed by atoms with Crippen LogP contribution in [0.3, 0.4) is 0 Å². The van der Waals surface area contributed by atoms with E-state index in [1.807, 2.05) is 22.6 Å². The van der Waals surface area contributed by atoms with Gasteiger partial charge in [-0.3, -0.25) is 4.79 Å². The van der Waals surface area contributed by atoms with Crippen LogP contribution in [-0.4, -0.2) is 37.7 Å². The average molecular weight is 485 g/mol. The Hall–Kier alpha value is -1.98. The summed E-state index contributed by atoms with van der Waals surface area (Å²) in [4.78, 5) is 17.0. The van der Waals surface area contributed by atoms with Crippen LogP contribution in [0.1, 0.15) is 16.2 Å². The van der Waals surface area contributed by atoms with Crippen molar-refractivity contribution in [2.45, 2.75) is 11.8 Å². The van der Waals surface area contributed by atoms with Gasteiger partial charge < -0.3 is 9.73 Å². The first kappa shape index (κ1) is 18.8. The molecule has 0 aliphatic rings. The van der Waals surface area contributed by atoms with E-state index in [2.05, 4.69) is 10.3 Å². The number of benzene rings is 2. The number of nitrogens with zero attached hydrogens (tertiary/aromatic N) is 2. The highest BCUT2D eigenvalue weighted by Gasteiger charge is 2.20. The van der Waals surface area contributed by atoms with Crippen LogP contribution in [0.5, 0.6) is 0 Å². The van der Waals surface area contributed by atoms with E-state index in [0.717, 1.165) is 4.31 Å².